The summed E-state index contributed by atoms with van der Waals surface area (Å²) in [7, 11) is 0. The highest BCUT2D eigenvalue weighted by atomic mass is 35.5. The lowest BCUT2D eigenvalue weighted by atomic mass is 10.3. The van der Waals surface area contributed by atoms with Gasteiger partial charge in [-0.25, -0.2) is 8.78 Å². The molecular weight excluding hydrogens is 304 g/mol. The highest BCUT2D eigenvalue weighted by Gasteiger charge is 2.09. The molecule has 2 aromatic rings. The molecule has 0 spiro atoms. The zero-order chi connectivity index (χ0) is 14.5. The summed E-state index contributed by atoms with van der Waals surface area (Å²) in [6.07, 6.45) is 0. The molecule has 0 atom stereocenters. The summed E-state index contributed by atoms with van der Waals surface area (Å²) in [6, 6.07) is 9.98. The first-order chi connectivity index (χ1) is 9.56. The minimum Gasteiger partial charge on any atom is -0.323 e. The van der Waals surface area contributed by atoms with Crippen LogP contribution < -0.4 is 5.32 Å². The molecule has 0 aromatic heterocycles. The molecule has 0 aliphatic heterocycles. The Bertz CT molecular complexity index is 636. The van der Waals surface area contributed by atoms with Crippen LogP contribution in [0.4, 0.5) is 14.5 Å². The molecule has 104 valence electrons. The molecule has 1 N–H and O–H groups in total. The van der Waals surface area contributed by atoms with Crippen LogP contribution in [0.5, 0.6) is 0 Å². The van der Waals surface area contributed by atoms with E-state index in [-0.39, 0.29) is 11.4 Å². The Balaban J connectivity index is 1.96. The van der Waals surface area contributed by atoms with Crippen LogP contribution in [0.2, 0.25) is 5.02 Å². The number of benzene rings is 2. The molecular formula is C14H10ClF2NOS. The first kappa shape index (κ1) is 14.8. The van der Waals surface area contributed by atoms with E-state index in [0.717, 1.165) is 23.1 Å². The lowest BCUT2D eigenvalue weighted by Gasteiger charge is -2.07. The molecule has 0 saturated heterocycles. The van der Waals surface area contributed by atoms with Crippen LogP contribution in [0.3, 0.4) is 0 Å². The number of amides is 1. The monoisotopic (exact) mass is 313 g/mol. The number of carbonyl (C=O) groups is 1. The van der Waals surface area contributed by atoms with Gasteiger partial charge in [0.05, 0.1) is 16.5 Å². The number of anilines is 1. The van der Waals surface area contributed by atoms with Gasteiger partial charge < -0.3 is 5.32 Å². The fourth-order valence-corrected chi connectivity index (χ4v) is 2.52. The van der Waals surface area contributed by atoms with Crippen LogP contribution in [-0.4, -0.2) is 11.7 Å². The molecule has 2 nitrogen and oxygen atoms in total. The zero-order valence-electron chi connectivity index (χ0n) is 10.2. The van der Waals surface area contributed by atoms with E-state index in [1.54, 1.807) is 24.3 Å². The number of hydrogen-bond acceptors (Lipinski definition) is 2. The van der Waals surface area contributed by atoms with Gasteiger partial charge in [0.1, 0.15) is 11.6 Å². The maximum Gasteiger partial charge on any atom is 0.234 e. The van der Waals surface area contributed by atoms with E-state index >= 15 is 0 Å². The van der Waals surface area contributed by atoms with Crippen LogP contribution >= 0.6 is 23.4 Å². The summed E-state index contributed by atoms with van der Waals surface area (Å²) in [5.74, 6) is -1.66. The van der Waals surface area contributed by atoms with Gasteiger partial charge in [-0.3, -0.25) is 4.79 Å². The van der Waals surface area contributed by atoms with Crippen molar-refractivity contribution < 1.29 is 13.6 Å². The molecule has 6 heteroatoms. The van der Waals surface area contributed by atoms with Crippen molar-refractivity contribution in [2.24, 2.45) is 0 Å². The molecule has 0 saturated carbocycles. The molecule has 0 unspecified atom stereocenters. The summed E-state index contributed by atoms with van der Waals surface area (Å²) >= 11 is 7.18. The summed E-state index contributed by atoms with van der Waals surface area (Å²) in [4.78, 5) is 12.5. The Hall–Kier alpha value is -1.59. The van der Waals surface area contributed by atoms with Gasteiger partial charge in [0.15, 0.2) is 0 Å². The second-order valence-corrected chi connectivity index (χ2v) is 5.32. The van der Waals surface area contributed by atoms with Gasteiger partial charge in [0.25, 0.3) is 0 Å². The zero-order valence-corrected chi connectivity index (χ0v) is 11.8. The largest absolute Gasteiger partial charge is 0.323 e. The average molecular weight is 314 g/mol. The van der Waals surface area contributed by atoms with E-state index in [4.69, 9.17) is 11.6 Å². The quantitative estimate of drug-likeness (QED) is 0.850. The number of carbonyl (C=O) groups excluding carboxylic acids is 1. The molecule has 20 heavy (non-hydrogen) atoms. The van der Waals surface area contributed by atoms with Gasteiger partial charge in [-0.05, 0) is 24.3 Å². The highest BCUT2D eigenvalue weighted by molar-refractivity contribution is 8.00. The Labute approximate surface area is 124 Å². The molecule has 1 amide bonds. The van der Waals surface area contributed by atoms with Crippen LogP contribution in [-0.2, 0) is 4.79 Å². The van der Waals surface area contributed by atoms with Crippen molar-refractivity contribution in [1.82, 2.24) is 0 Å². The normalized spacial score (nSPS) is 10.3. The van der Waals surface area contributed by atoms with Gasteiger partial charge >= 0.3 is 0 Å². The average Bonchev–Trinajstić information content (AvgIpc) is 2.42. The Morgan fingerprint density at radius 1 is 1.20 bits per heavy atom. The predicted molar refractivity (Wildman–Crippen MR) is 77.2 cm³/mol. The first-order valence-corrected chi connectivity index (χ1v) is 7.05. The maximum atomic E-state index is 13.3. The third-order valence-corrected chi connectivity index (χ3v) is 3.91. The minimum absolute atomic E-state index is 0.0552. The van der Waals surface area contributed by atoms with Crippen LogP contribution in [0.25, 0.3) is 0 Å². The first-order valence-electron chi connectivity index (χ1n) is 5.68. The summed E-state index contributed by atoms with van der Waals surface area (Å²) in [5.41, 5.74) is -0.172. The van der Waals surface area contributed by atoms with E-state index in [1.807, 2.05) is 0 Å². The molecule has 2 rings (SSSR count). The molecule has 0 heterocycles. The standard InChI is InChI=1S/C14H10ClF2NOS/c15-10-3-1-2-4-13(10)20-8-14(19)18-12-7-9(16)5-6-11(12)17/h1-7H,8H2,(H,18,19). The third-order valence-electron chi connectivity index (χ3n) is 2.40. The van der Waals surface area contributed by atoms with Crippen molar-refractivity contribution >= 4 is 35.0 Å². The van der Waals surface area contributed by atoms with E-state index in [9.17, 15) is 13.6 Å². The van der Waals surface area contributed by atoms with Gasteiger partial charge in [0, 0.05) is 11.0 Å². The minimum atomic E-state index is -0.678. The SMILES string of the molecule is O=C(CSc1ccccc1Cl)Nc1cc(F)ccc1F. The third kappa shape index (κ3) is 3.95. The van der Waals surface area contributed by atoms with Crippen molar-refractivity contribution in [3.05, 3.63) is 59.1 Å². The molecule has 2 aromatic carbocycles. The predicted octanol–water partition coefficient (Wildman–Crippen LogP) is 4.35. The highest BCUT2D eigenvalue weighted by Crippen LogP contribution is 2.26. The molecule has 0 fully saturated rings. The molecule has 0 aliphatic rings. The topological polar surface area (TPSA) is 29.1 Å². The van der Waals surface area contributed by atoms with E-state index < -0.39 is 17.5 Å². The lowest BCUT2D eigenvalue weighted by molar-refractivity contribution is -0.113. The fourth-order valence-electron chi connectivity index (χ4n) is 1.48. The molecule has 0 aliphatic carbocycles. The number of rotatable bonds is 4. The van der Waals surface area contributed by atoms with Crippen molar-refractivity contribution in [1.29, 1.82) is 0 Å². The number of hydrogen-bond donors (Lipinski definition) is 1. The fraction of sp³-hybridized carbons (Fsp3) is 0.0714. The van der Waals surface area contributed by atoms with Gasteiger partial charge in [-0.1, -0.05) is 23.7 Å². The van der Waals surface area contributed by atoms with Crippen molar-refractivity contribution in [3.63, 3.8) is 0 Å². The molecule has 0 radical (unpaired) electrons. The number of nitrogens with one attached hydrogen (secondary N) is 1. The smallest absolute Gasteiger partial charge is 0.234 e. The van der Waals surface area contributed by atoms with E-state index in [1.165, 1.54) is 11.8 Å². The van der Waals surface area contributed by atoms with E-state index in [2.05, 4.69) is 5.32 Å². The Kier molecular flexibility index (Phi) is 4.98. The summed E-state index contributed by atoms with van der Waals surface area (Å²) < 4.78 is 26.3. The second kappa shape index (κ2) is 6.72. The summed E-state index contributed by atoms with van der Waals surface area (Å²) in [6.45, 7) is 0. The van der Waals surface area contributed by atoms with Crippen molar-refractivity contribution in [2.75, 3.05) is 11.1 Å². The molecule has 0 bridgehead atoms. The lowest BCUT2D eigenvalue weighted by Crippen LogP contribution is -2.15. The van der Waals surface area contributed by atoms with Crippen LogP contribution in [0, 0.1) is 11.6 Å². The van der Waals surface area contributed by atoms with Crippen molar-refractivity contribution in [3.8, 4) is 0 Å². The number of thioether (sulfide) groups is 1. The Morgan fingerprint density at radius 2 is 1.95 bits per heavy atom. The number of halogens is 3. The maximum absolute atomic E-state index is 13.3. The van der Waals surface area contributed by atoms with Crippen LogP contribution in [0.15, 0.2) is 47.4 Å². The second-order valence-electron chi connectivity index (χ2n) is 3.89. The van der Waals surface area contributed by atoms with Crippen molar-refractivity contribution in [2.45, 2.75) is 4.90 Å². The Morgan fingerprint density at radius 3 is 2.70 bits per heavy atom. The van der Waals surface area contributed by atoms with Gasteiger partial charge in [-0.2, -0.15) is 0 Å². The van der Waals surface area contributed by atoms with Gasteiger partial charge in [0.2, 0.25) is 5.91 Å². The summed E-state index contributed by atoms with van der Waals surface area (Å²) in [5, 5.41) is 2.87. The van der Waals surface area contributed by atoms with E-state index in [0.29, 0.717) is 5.02 Å². The van der Waals surface area contributed by atoms with Gasteiger partial charge in [-0.15, -0.1) is 11.8 Å². The van der Waals surface area contributed by atoms with Crippen LogP contribution in [0.1, 0.15) is 0 Å².